The van der Waals surface area contributed by atoms with E-state index in [0.717, 1.165) is 12.0 Å². The average Bonchev–Trinajstić information content (AvgIpc) is 2.69. The maximum Gasteiger partial charge on any atom is 0.126 e. The highest BCUT2D eigenvalue weighted by atomic mass is 19.1. The molecule has 1 fully saturated rings. The molecule has 1 N–H and O–H groups in total. The van der Waals surface area contributed by atoms with Crippen LogP contribution in [-0.2, 0) is 6.42 Å². The fraction of sp³-hybridized carbons (Fsp3) is 0.538. The van der Waals surface area contributed by atoms with Crippen LogP contribution in [-0.4, -0.2) is 13.1 Å². The second-order valence-corrected chi connectivity index (χ2v) is 4.46. The van der Waals surface area contributed by atoms with E-state index in [0.29, 0.717) is 12.0 Å². The van der Waals surface area contributed by atoms with Gasteiger partial charge in [0, 0.05) is 6.04 Å². The van der Waals surface area contributed by atoms with E-state index in [4.69, 9.17) is 0 Å². The van der Waals surface area contributed by atoms with Crippen molar-refractivity contribution < 1.29 is 4.39 Å². The highest BCUT2D eigenvalue weighted by Crippen LogP contribution is 2.29. The molecule has 15 heavy (non-hydrogen) atoms. The number of hydrogen-bond acceptors (Lipinski definition) is 1. The first kappa shape index (κ1) is 10.6. The minimum atomic E-state index is -0.0505. The molecule has 2 atom stereocenters. The van der Waals surface area contributed by atoms with Crippen LogP contribution in [0, 0.1) is 11.7 Å². The molecule has 1 saturated carbocycles. The largest absolute Gasteiger partial charge is 0.317 e. The van der Waals surface area contributed by atoms with Gasteiger partial charge >= 0.3 is 0 Å². The zero-order chi connectivity index (χ0) is 10.7. The topological polar surface area (TPSA) is 12.0 Å². The number of halogens is 1. The van der Waals surface area contributed by atoms with Gasteiger partial charge in [-0.2, -0.15) is 0 Å². The Labute approximate surface area is 90.7 Å². The summed E-state index contributed by atoms with van der Waals surface area (Å²) in [5.74, 6) is 0.602. The van der Waals surface area contributed by atoms with Crippen LogP contribution in [0.4, 0.5) is 4.39 Å². The summed E-state index contributed by atoms with van der Waals surface area (Å²) in [4.78, 5) is 0. The van der Waals surface area contributed by atoms with Crippen molar-refractivity contribution in [2.24, 2.45) is 5.92 Å². The molecule has 1 nitrogen and oxygen atoms in total. The van der Waals surface area contributed by atoms with E-state index in [-0.39, 0.29) is 5.82 Å². The fourth-order valence-electron chi connectivity index (χ4n) is 2.50. The van der Waals surface area contributed by atoms with Crippen LogP contribution in [0.2, 0.25) is 0 Å². The van der Waals surface area contributed by atoms with Gasteiger partial charge < -0.3 is 5.32 Å². The maximum atomic E-state index is 13.4. The average molecular weight is 207 g/mol. The Balaban J connectivity index is 1.96. The van der Waals surface area contributed by atoms with E-state index in [2.05, 4.69) is 5.32 Å². The zero-order valence-corrected chi connectivity index (χ0v) is 9.17. The molecule has 0 saturated heterocycles. The van der Waals surface area contributed by atoms with Crippen molar-refractivity contribution in [1.82, 2.24) is 5.32 Å². The van der Waals surface area contributed by atoms with Crippen molar-refractivity contribution in [2.75, 3.05) is 7.05 Å². The molecular weight excluding hydrogens is 189 g/mol. The van der Waals surface area contributed by atoms with Crippen LogP contribution in [0.5, 0.6) is 0 Å². The van der Waals surface area contributed by atoms with Gasteiger partial charge in [0.05, 0.1) is 0 Å². The standard InChI is InChI=1S/C13H18FN/c1-15-12-7-6-10(9-12)8-11-4-2-3-5-13(11)14/h2-5,10,12,15H,6-9H2,1H3. The van der Waals surface area contributed by atoms with Crippen molar-refractivity contribution in [1.29, 1.82) is 0 Å². The van der Waals surface area contributed by atoms with Crippen LogP contribution >= 0.6 is 0 Å². The van der Waals surface area contributed by atoms with Crippen molar-refractivity contribution in [3.8, 4) is 0 Å². The van der Waals surface area contributed by atoms with E-state index >= 15 is 0 Å². The number of rotatable bonds is 3. The Hall–Kier alpha value is -0.890. The first-order chi connectivity index (χ1) is 7.29. The lowest BCUT2D eigenvalue weighted by atomic mass is 9.97. The first-order valence-electron chi connectivity index (χ1n) is 5.70. The van der Waals surface area contributed by atoms with Gasteiger partial charge in [0.2, 0.25) is 0 Å². The SMILES string of the molecule is CNC1CCC(Cc2ccccc2F)C1. The predicted molar refractivity (Wildman–Crippen MR) is 60.3 cm³/mol. The summed E-state index contributed by atoms with van der Waals surface area (Å²) in [5.41, 5.74) is 0.874. The van der Waals surface area contributed by atoms with E-state index in [1.807, 2.05) is 19.2 Å². The van der Waals surface area contributed by atoms with Crippen molar-refractivity contribution >= 4 is 0 Å². The van der Waals surface area contributed by atoms with Gasteiger partial charge in [-0.3, -0.25) is 0 Å². The summed E-state index contributed by atoms with van der Waals surface area (Å²) in [7, 11) is 2.01. The van der Waals surface area contributed by atoms with Gasteiger partial charge in [-0.25, -0.2) is 4.39 Å². The molecule has 2 rings (SSSR count). The van der Waals surface area contributed by atoms with Crippen molar-refractivity contribution in [2.45, 2.75) is 31.7 Å². The van der Waals surface area contributed by atoms with Crippen LogP contribution in [0.1, 0.15) is 24.8 Å². The number of benzene rings is 1. The second kappa shape index (κ2) is 4.75. The van der Waals surface area contributed by atoms with Crippen LogP contribution in [0.3, 0.4) is 0 Å². The Bertz CT molecular complexity index is 324. The zero-order valence-electron chi connectivity index (χ0n) is 9.17. The van der Waals surface area contributed by atoms with Crippen LogP contribution < -0.4 is 5.32 Å². The molecule has 0 heterocycles. The molecule has 0 radical (unpaired) electrons. The second-order valence-electron chi connectivity index (χ2n) is 4.46. The third-order valence-corrected chi connectivity index (χ3v) is 3.42. The molecule has 0 amide bonds. The summed E-state index contributed by atoms with van der Waals surface area (Å²) in [6.07, 6.45) is 4.53. The summed E-state index contributed by atoms with van der Waals surface area (Å²) in [6.45, 7) is 0. The Morgan fingerprint density at radius 3 is 2.80 bits per heavy atom. The molecule has 0 aromatic heterocycles. The smallest absolute Gasteiger partial charge is 0.126 e. The van der Waals surface area contributed by atoms with Gasteiger partial charge in [-0.05, 0) is 50.3 Å². The van der Waals surface area contributed by atoms with Crippen LogP contribution in [0.15, 0.2) is 24.3 Å². The molecule has 1 aliphatic rings. The Kier molecular flexibility index (Phi) is 3.37. The summed E-state index contributed by atoms with van der Waals surface area (Å²) in [5, 5.41) is 3.30. The lowest BCUT2D eigenvalue weighted by Gasteiger charge is -2.11. The number of hydrogen-bond donors (Lipinski definition) is 1. The minimum Gasteiger partial charge on any atom is -0.317 e. The highest BCUT2D eigenvalue weighted by Gasteiger charge is 2.23. The quantitative estimate of drug-likeness (QED) is 0.803. The molecule has 2 heteroatoms. The molecule has 1 aromatic rings. The predicted octanol–water partition coefficient (Wildman–Crippen LogP) is 2.76. The van der Waals surface area contributed by atoms with Gasteiger partial charge in [-0.1, -0.05) is 18.2 Å². The lowest BCUT2D eigenvalue weighted by Crippen LogP contribution is -2.21. The summed E-state index contributed by atoms with van der Waals surface area (Å²) in [6, 6.07) is 7.77. The van der Waals surface area contributed by atoms with Gasteiger partial charge in [0.15, 0.2) is 0 Å². The highest BCUT2D eigenvalue weighted by molar-refractivity contribution is 5.18. The third-order valence-electron chi connectivity index (χ3n) is 3.42. The Morgan fingerprint density at radius 1 is 1.33 bits per heavy atom. The molecule has 1 aliphatic carbocycles. The molecule has 2 unspecified atom stereocenters. The molecule has 0 spiro atoms. The van der Waals surface area contributed by atoms with Crippen molar-refractivity contribution in [3.63, 3.8) is 0 Å². The molecule has 82 valence electrons. The van der Waals surface area contributed by atoms with E-state index in [1.54, 1.807) is 12.1 Å². The van der Waals surface area contributed by atoms with Crippen molar-refractivity contribution in [3.05, 3.63) is 35.6 Å². The Morgan fingerprint density at radius 2 is 2.13 bits per heavy atom. The fourth-order valence-corrected chi connectivity index (χ4v) is 2.50. The van der Waals surface area contributed by atoms with E-state index in [9.17, 15) is 4.39 Å². The van der Waals surface area contributed by atoms with E-state index in [1.165, 1.54) is 19.3 Å². The summed E-state index contributed by atoms with van der Waals surface area (Å²) < 4.78 is 13.4. The van der Waals surface area contributed by atoms with E-state index < -0.39 is 0 Å². The minimum absolute atomic E-state index is 0.0505. The molecule has 0 aliphatic heterocycles. The first-order valence-corrected chi connectivity index (χ1v) is 5.70. The molecular formula is C13H18FN. The maximum absolute atomic E-state index is 13.4. The third kappa shape index (κ3) is 2.57. The van der Waals surface area contributed by atoms with Gasteiger partial charge in [0.25, 0.3) is 0 Å². The lowest BCUT2D eigenvalue weighted by molar-refractivity contribution is 0.496. The molecule has 0 bridgehead atoms. The number of nitrogens with one attached hydrogen (secondary N) is 1. The molecule has 1 aromatic carbocycles. The van der Waals surface area contributed by atoms with Gasteiger partial charge in [-0.15, -0.1) is 0 Å². The van der Waals surface area contributed by atoms with Gasteiger partial charge in [0.1, 0.15) is 5.82 Å². The summed E-state index contributed by atoms with van der Waals surface area (Å²) >= 11 is 0. The van der Waals surface area contributed by atoms with Crippen LogP contribution in [0.25, 0.3) is 0 Å². The monoisotopic (exact) mass is 207 g/mol. The normalized spacial score (nSPS) is 25.7.